The molecule has 3 rings (SSSR count). The van der Waals surface area contributed by atoms with Crippen molar-refractivity contribution in [1.82, 2.24) is 9.78 Å². The Labute approximate surface area is 160 Å². The Morgan fingerprint density at radius 3 is 2.11 bits per heavy atom. The molecule has 0 radical (unpaired) electrons. The van der Waals surface area contributed by atoms with Gasteiger partial charge in [0.2, 0.25) is 5.91 Å². The summed E-state index contributed by atoms with van der Waals surface area (Å²) in [6.45, 7) is 3.08. The number of aromatic nitrogens is 2. The SMILES string of the molecule is CC(=O)Nc1ccc(NC(=O)c2c(C)nn(-c3ccc(F)cc3)c2Cl)cc1. The van der Waals surface area contributed by atoms with Crippen molar-refractivity contribution in [2.75, 3.05) is 10.6 Å². The lowest BCUT2D eigenvalue weighted by atomic mass is 10.2. The minimum absolute atomic E-state index is 0.131. The first-order chi connectivity index (χ1) is 12.8. The van der Waals surface area contributed by atoms with Crippen LogP contribution in [0.25, 0.3) is 5.69 Å². The van der Waals surface area contributed by atoms with Crippen LogP contribution in [0.2, 0.25) is 5.15 Å². The Kier molecular flexibility index (Phi) is 5.23. The summed E-state index contributed by atoms with van der Waals surface area (Å²) < 4.78 is 14.5. The van der Waals surface area contributed by atoms with Gasteiger partial charge in [0, 0.05) is 18.3 Å². The van der Waals surface area contributed by atoms with E-state index in [9.17, 15) is 14.0 Å². The fourth-order valence-electron chi connectivity index (χ4n) is 2.54. The zero-order chi connectivity index (χ0) is 19.6. The molecule has 0 saturated carbocycles. The summed E-state index contributed by atoms with van der Waals surface area (Å²) in [6, 6.07) is 12.3. The molecule has 3 aromatic rings. The van der Waals surface area contributed by atoms with Crippen LogP contribution in [0.1, 0.15) is 23.0 Å². The van der Waals surface area contributed by atoms with E-state index in [4.69, 9.17) is 11.6 Å². The third-order valence-corrected chi connectivity index (χ3v) is 4.11. The molecule has 0 bridgehead atoms. The maximum atomic E-state index is 13.1. The van der Waals surface area contributed by atoms with Crippen LogP contribution in [0.4, 0.5) is 15.8 Å². The summed E-state index contributed by atoms with van der Waals surface area (Å²) in [5, 5.41) is 9.80. The largest absolute Gasteiger partial charge is 0.326 e. The number of hydrogen-bond acceptors (Lipinski definition) is 3. The normalized spacial score (nSPS) is 10.5. The van der Waals surface area contributed by atoms with Crippen molar-refractivity contribution in [3.05, 3.63) is 70.8 Å². The van der Waals surface area contributed by atoms with Gasteiger partial charge in [-0.05, 0) is 55.5 Å². The lowest BCUT2D eigenvalue weighted by molar-refractivity contribution is -0.114. The zero-order valence-corrected chi connectivity index (χ0v) is 15.3. The standard InChI is InChI=1S/C19H16ClFN4O2/c1-11-17(18(20)25(24-11)16-9-3-13(21)4-10-16)19(27)23-15-7-5-14(6-8-15)22-12(2)26/h3-10H,1-2H3,(H,22,26)(H,23,27). The zero-order valence-electron chi connectivity index (χ0n) is 14.6. The Morgan fingerprint density at radius 2 is 1.56 bits per heavy atom. The van der Waals surface area contributed by atoms with Crippen molar-refractivity contribution in [3.63, 3.8) is 0 Å². The van der Waals surface area contributed by atoms with Gasteiger partial charge in [0.15, 0.2) is 0 Å². The minimum atomic E-state index is -0.418. The molecule has 0 saturated heterocycles. The van der Waals surface area contributed by atoms with E-state index in [1.807, 2.05) is 0 Å². The van der Waals surface area contributed by atoms with E-state index in [1.54, 1.807) is 31.2 Å². The van der Waals surface area contributed by atoms with E-state index in [0.29, 0.717) is 22.8 Å². The van der Waals surface area contributed by atoms with Gasteiger partial charge in [0.1, 0.15) is 16.5 Å². The molecule has 0 aliphatic carbocycles. The fourth-order valence-corrected chi connectivity index (χ4v) is 2.90. The van der Waals surface area contributed by atoms with Crippen LogP contribution in [0.3, 0.4) is 0 Å². The molecule has 0 aliphatic rings. The summed E-state index contributed by atoms with van der Waals surface area (Å²) in [5.74, 6) is -0.972. The molecular weight excluding hydrogens is 371 g/mol. The maximum absolute atomic E-state index is 13.1. The summed E-state index contributed by atoms with van der Waals surface area (Å²) >= 11 is 6.35. The Hall–Kier alpha value is -3.19. The van der Waals surface area contributed by atoms with Crippen molar-refractivity contribution < 1.29 is 14.0 Å². The monoisotopic (exact) mass is 386 g/mol. The highest BCUT2D eigenvalue weighted by Crippen LogP contribution is 2.25. The molecule has 8 heteroatoms. The Bertz CT molecular complexity index is 998. The maximum Gasteiger partial charge on any atom is 0.260 e. The van der Waals surface area contributed by atoms with E-state index in [2.05, 4.69) is 15.7 Å². The number of nitrogens with zero attached hydrogens (tertiary/aromatic N) is 2. The fraction of sp³-hybridized carbons (Fsp3) is 0.105. The number of rotatable bonds is 4. The molecule has 0 atom stereocenters. The van der Waals surface area contributed by atoms with E-state index in [1.165, 1.54) is 35.9 Å². The van der Waals surface area contributed by atoms with Crippen LogP contribution in [-0.4, -0.2) is 21.6 Å². The van der Waals surface area contributed by atoms with Gasteiger partial charge in [-0.3, -0.25) is 9.59 Å². The molecule has 2 N–H and O–H groups in total. The van der Waals surface area contributed by atoms with Crippen molar-refractivity contribution >= 4 is 34.8 Å². The van der Waals surface area contributed by atoms with Crippen molar-refractivity contribution in [2.45, 2.75) is 13.8 Å². The molecule has 27 heavy (non-hydrogen) atoms. The highest BCUT2D eigenvalue weighted by Gasteiger charge is 2.21. The number of aryl methyl sites for hydroxylation is 1. The number of carbonyl (C=O) groups is 2. The summed E-state index contributed by atoms with van der Waals surface area (Å²) in [7, 11) is 0. The number of benzene rings is 2. The first-order valence-electron chi connectivity index (χ1n) is 8.05. The third kappa shape index (κ3) is 4.15. The highest BCUT2D eigenvalue weighted by molar-refractivity contribution is 6.34. The molecule has 1 aromatic heterocycles. The second-order valence-corrected chi connectivity index (χ2v) is 6.21. The average Bonchev–Trinajstić information content (AvgIpc) is 2.91. The lowest BCUT2D eigenvalue weighted by Crippen LogP contribution is -2.13. The van der Waals surface area contributed by atoms with Crippen molar-refractivity contribution in [1.29, 1.82) is 0 Å². The number of anilines is 2. The molecule has 1 heterocycles. The molecule has 2 aromatic carbocycles. The van der Waals surface area contributed by atoms with Crippen LogP contribution in [0.15, 0.2) is 48.5 Å². The number of carbonyl (C=O) groups excluding carboxylic acids is 2. The van der Waals surface area contributed by atoms with E-state index in [0.717, 1.165) is 0 Å². The first kappa shape index (κ1) is 18.6. The van der Waals surface area contributed by atoms with E-state index >= 15 is 0 Å². The molecule has 0 aliphatic heterocycles. The van der Waals surface area contributed by atoms with Crippen LogP contribution in [0.5, 0.6) is 0 Å². The molecule has 0 unspecified atom stereocenters. The molecule has 138 valence electrons. The molecule has 2 amide bonds. The van der Waals surface area contributed by atoms with Crippen molar-refractivity contribution in [2.24, 2.45) is 0 Å². The second kappa shape index (κ2) is 7.59. The van der Waals surface area contributed by atoms with Crippen molar-refractivity contribution in [3.8, 4) is 5.69 Å². The topological polar surface area (TPSA) is 76.0 Å². The average molecular weight is 387 g/mol. The van der Waals surface area contributed by atoms with Gasteiger partial charge >= 0.3 is 0 Å². The Balaban J connectivity index is 1.83. The number of halogens is 2. The molecular formula is C19H16ClFN4O2. The third-order valence-electron chi connectivity index (χ3n) is 3.77. The van der Waals surface area contributed by atoms with Crippen LogP contribution < -0.4 is 10.6 Å². The van der Waals surface area contributed by atoms with Crippen LogP contribution in [-0.2, 0) is 4.79 Å². The van der Waals surface area contributed by atoms with Gasteiger partial charge < -0.3 is 10.6 Å². The quantitative estimate of drug-likeness (QED) is 0.706. The number of nitrogens with one attached hydrogen (secondary N) is 2. The van der Waals surface area contributed by atoms with Gasteiger partial charge in [-0.15, -0.1) is 0 Å². The predicted octanol–water partition coefficient (Wildman–Crippen LogP) is 4.18. The van der Waals surface area contributed by atoms with Gasteiger partial charge in [-0.1, -0.05) is 11.6 Å². The summed E-state index contributed by atoms with van der Waals surface area (Å²) in [6.07, 6.45) is 0. The van der Waals surface area contributed by atoms with Gasteiger partial charge in [0.25, 0.3) is 5.91 Å². The smallest absolute Gasteiger partial charge is 0.260 e. The van der Waals surface area contributed by atoms with Crippen LogP contribution >= 0.6 is 11.6 Å². The van der Waals surface area contributed by atoms with Gasteiger partial charge in [0.05, 0.1) is 11.4 Å². The minimum Gasteiger partial charge on any atom is -0.326 e. The summed E-state index contributed by atoms with van der Waals surface area (Å²) in [5.41, 5.74) is 2.38. The van der Waals surface area contributed by atoms with Gasteiger partial charge in [-0.2, -0.15) is 5.10 Å². The first-order valence-corrected chi connectivity index (χ1v) is 8.43. The number of hydrogen-bond donors (Lipinski definition) is 2. The molecule has 0 spiro atoms. The summed E-state index contributed by atoms with van der Waals surface area (Å²) in [4.78, 5) is 23.7. The van der Waals surface area contributed by atoms with E-state index in [-0.39, 0.29) is 22.4 Å². The van der Waals surface area contributed by atoms with Gasteiger partial charge in [-0.25, -0.2) is 9.07 Å². The second-order valence-electron chi connectivity index (χ2n) is 5.85. The highest BCUT2D eigenvalue weighted by atomic mass is 35.5. The lowest BCUT2D eigenvalue weighted by Gasteiger charge is -2.07. The Morgan fingerprint density at radius 1 is 1.00 bits per heavy atom. The van der Waals surface area contributed by atoms with Crippen LogP contribution in [0, 0.1) is 12.7 Å². The predicted molar refractivity (Wildman–Crippen MR) is 102 cm³/mol. The number of amides is 2. The molecule has 6 nitrogen and oxygen atoms in total. The molecule has 0 fully saturated rings. The van der Waals surface area contributed by atoms with E-state index < -0.39 is 5.91 Å².